The average molecular weight is 312 g/mol. The van der Waals surface area contributed by atoms with E-state index in [9.17, 15) is 8.42 Å². The topological polar surface area (TPSA) is 81.4 Å². The Morgan fingerprint density at radius 3 is 2.76 bits per heavy atom. The number of nitrogens with two attached hydrogens (primary N) is 1. The van der Waals surface area contributed by atoms with E-state index in [4.69, 9.17) is 10.5 Å². The number of benzene rings is 1. The molecule has 1 saturated heterocycles. The van der Waals surface area contributed by atoms with Crippen molar-refractivity contribution in [3.63, 3.8) is 0 Å². The van der Waals surface area contributed by atoms with Crippen molar-refractivity contribution in [3.05, 3.63) is 23.3 Å². The molecule has 118 valence electrons. The van der Waals surface area contributed by atoms with E-state index in [1.165, 1.54) is 0 Å². The van der Waals surface area contributed by atoms with Crippen LogP contribution in [0.25, 0.3) is 0 Å². The van der Waals surface area contributed by atoms with Gasteiger partial charge in [0.25, 0.3) is 0 Å². The number of hydrogen-bond acceptors (Lipinski definition) is 4. The summed E-state index contributed by atoms with van der Waals surface area (Å²) in [5.74, 6) is 0. The third-order valence-electron chi connectivity index (χ3n) is 3.87. The highest BCUT2D eigenvalue weighted by Crippen LogP contribution is 2.23. The number of aryl methyl sites for hydroxylation is 1. The van der Waals surface area contributed by atoms with Gasteiger partial charge in [-0.3, -0.25) is 0 Å². The molecule has 0 spiro atoms. The van der Waals surface area contributed by atoms with E-state index < -0.39 is 10.0 Å². The van der Waals surface area contributed by atoms with Crippen LogP contribution in [-0.4, -0.2) is 27.7 Å². The molecule has 1 unspecified atom stereocenters. The van der Waals surface area contributed by atoms with E-state index in [0.29, 0.717) is 24.2 Å². The van der Waals surface area contributed by atoms with Gasteiger partial charge in [-0.05, 0) is 62.8 Å². The summed E-state index contributed by atoms with van der Waals surface area (Å²) in [4.78, 5) is 0.268. The molecule has 0 amide bonds. The van der Waals surface area contributed by atoms with E-state index in [2.05, 4.69) is 4.72 Å². The normalized spacial score (nSPS) is 19.6. The first-order valence-electron chi connectivity index (χ1n) is 7.38. The molecule has 5 nitrogen and oxygen atoms in total. The molecule has 1 atom stereocenters. The molecular weight excluding hydrogens is 288 g/mol. The number of anilines is 1. The third-order valence-corrected chi connectivity index (χ3v) is 5.45. The molecule has 2 rings (SSSR count). The lowest BCUT2D eigenvalue weighted by Crippen LogP contribution is -2.30. The maximum atomic E-state index is 12.4. The Morgan fingerprint density at radius 1 is 1.33 bits per heavy atom. The van der Waals surface area contributed by atoms with Gasteiger partial charge in [0.2, 0.25) is 10.0 Å². The summed E-state index contributed by atoms with van der Waals surface area (Å²) < 4.78 is 33.0. The molecule has 3 N–H and O–H groups in total. The first-order chi connectivity index (χ1) is 9.90. The monoisotopic (exact) mass is 312 g/mol. The molecule has 1 fully saturated rings. The molecule has 1 aromatic rings. The van der Waals surface area contributed by atoms with Crippen molar-refractivity contribution in [2.75, 3.05) is 18.9 Å². The van der Waals surface area contributed by atoms with Gasteiger partial charge in [-0.2, -0.15) is 0 Å². The van der Waals surface area contributed by atoms with Gasteiger partial charge < -0.3 is 10.5 Å². The van der Waals surface area contributed by atoms with Crippen LogP contribution in [0.15, 0.2) is 17.0 Å². The summed E-state index contributed by atoms with van der Waals surface area (Å²) in [6.07, 6.45) is 4.15. The number of nitrogens with one attached hydrogen (secondary N) is 1. The lowest BCUT2D eigenvalue weighted by molar-refractivity contribution is 0.0123. The van der Waals surface area contributed by atoms with Crippen LogP contribution in [0, 0.1) is 13.8 Å². The second kappa shape index (κ2) is 6.77. The molecule has 1 aliphatic heterocycles. The Balaban J connectivity index is 2.01. The van der Waals surface area contributed by atoms with Crippen molar-refractivity contribution in [2.24, 2.45) is 0 Å². The minimum atomic E-state index is -3.52. The number of nitrogen functional groups attached to an aromatic ring is 1. The van der Waals surface area contributed by atoms with Crippen LogP contribution in [0.4, 0.5) is 5.69 Å². The van der Waals surface area contributed by atoms with Gasteiger partial charge >= 0.3 is 0 Å². The van der Waals surface area contributed by atoms with E-state index >= 15 is 0 Å². The molecule has 1 aliphatic rings. The summed E-state index contributed by atoms with van der Waals surface area (Å²) >= 11 is 0. The minimum absolute atomic E-state index is 0.171. The fourth-order valence-corrected chi connectivity index (χ4v) is 4.00. The second-order valence-electron chi connectivity index (χ2n) is 5.65. The molecule has 0 radical (unpaired) electrons. The largest absolute Gasteiger partial charge is 0.398 e. The highest BCUT2D eigenvalue weighted by molar-refractivity contribution is 7.89. The minimum Gasteiger partial charge on any atom is -0.398 e. The highest BCUT2D eigenvalue weighted by atomic mass is 32.2. The van der Waals surface area contributed by atoms with Crippen LogP contribution in [-0.2, 0) is 14.8 Å². The van der Waals surface area contributed by atoms with Crippen molar-refractivity contribution in [2.45, 2.75) is 50.5 Å². The fraction of sp³-hybridized carbons (Fsp3) is 0.600. The number of sulfonamides is 1. The summed E-state index contributed by atoms with van der Waals surface area (Å²) in [7, 11) is -3.52. The Bertz CT molecular complexity index is 593. The molecule has 0 bridgehead atoms. The molecular formula is C15H24N2O3S. The van der Waals surface area contributed by atoms with Gasteiger partial charge in [0.05, 0.1) is 11.0 Å². The zero-order chi connectivity index (χ0) is 15.5. The number of rotatable bonds is 5. The van der Waals surface area contributed by atoms with Gasteiger partial charge in [0.15, 0.2) is 0 Å². The van der Waals surface area contributed by atoms with Gasteiger partial charge in [0.1, 0.15) is 0 Å². The van der Waals surface area contributed by atoms with Crippen LogP contribution in [0.3, 0.4) is 0 Å². The van der Waals surface area contributed by atoms with Crippen LogP contribution in [0.5, 0.6) is 0 Å². The Labute approximate surface area is 126 Å². The van der Waals surface area contributed by atoms with E-state index in [0.717, 1.165) is 31.4 Å². The molecule has 1 heterocycles. The van der Waals surface area contributed by atoms with Gasteiger partial charge in [-0.1, -0.05) is 0 Å². The predicted molar refractivity (Wildman–Crippen MR) is 83.7 cm³/mol. The maximum Gasteiger partial charge on any atom is 0.240 e. The molecule has 0 saturated carbocycles. The predicted octanol–water partition coefficient (Wildman–Crippen LogP) is 2.12. The Morgan fingerprint density at radius 2 is 2.10 bits per heavy atom. The molecule has 0 aliphatic carbocycles. The summed E-state index contributed by atoms with van der Waals surface area (Å²) in [6, 6.07) is 3.44. The summed E-state index contributed by atoms with van der Waals surface area (Å²) in [5, 5.41) is 0. The molecule has 1 aromatic carbocycles. The number of ether oxygens (including phenoxy) is 1. The van der Waals surface area contributed by atoms with Gasteiger partial charge in [-0.25, -0.2) is 13.1 Å². The smallest absolute Gasteiger partial charge is 0.240 e. The average Bonchev–Trinajstić information content (AvgIpc) is 2.43. The second-order valence-corrected chi connectivity index (χ2v) is 7.39. The summed E-state index contributed by atoms with van der Waals surface area (Å²) in [5.41, 5.74) is 7.80. The lowest BCUT2D eigenvalue weighted by Gasteiger charge is -2.22. The first kappa shape index (κ1) is 16.3. The summed E-state index contributed by atoms with van der Waals surface area (Å²) in [6.45, 7) is 4.74. The van der Waals surface area contributed by atoms with Crippen LogP contribution in [0.2, 0.25) is 0 Å². The van der Waals surface area contributed by atoms with Crippen molar-refractivity contribution in [1.29, 1.82) is 0 Å². The Hall–Kier alpha value is -1.11. The van der Waals surface area contributed by atoms with Crippen LogP contribution >= 0.6 is 0 Å². The van der Waals surface area contributed by atoms with Gasteiger partial charge in [-0.15, -0.1) is 0 Å². The third kappa shape index (κ3) is 4.18. The van der Waals surface area contributed by atoms with Crippen LogP contribution in [0.1, 0.15) is 36.8 Å². The zero-order valence-corrected chi connectivity index (χ0v) is 13.5. The lowest BCUT2D eigenvalue weighted by atomic mass is 10.1. The maximum absolute atomic E-state index is 12.4. The zero-order valence-electron chi connectivity index (χ0n) is 12.7. The molecule has 21 heavy (non-hydrogen) atoms. The molecule has 0 aromatic heterocycles. The molecule has 6 heteroatoms. The Kier molecular flexibility index (Phi) is 5.24. The van der Waals surface area contributed by atoms with Crippen molar-refractivity contribution in [3.8, 4) is 0 Å². The van der Waals surface area contributed by atoms with Crippen LogP contribution < -0.4 is 10.5 Å². The van der Waals surface area contributed by atoms with Crippen molar-refractivity contribution in [1.82, 2.24) is 4.72 Å². The van der Waals surface area contributed by atoms with Crippen molar-refractivity contribution >= 4 is 15.7 Å². The SMILES string of the molecule is Cc1cc(N)c(C)c(S(=O)(=O)NCCC2CCCCO2)c1. The standard InChI is InChI=1S/C15H24N2O3S/c1-11-9-14(16)12(2)15(10-11)21(18,19)17-7-6-13-5-3-4-8-20-13/h9-10,13,17H,3-8,16H2,1-2H3. The van der Waals surface area contributed by atoms with Crippen molar-refractivity contribution < 1.29 is 13.2 Å². The van der Waals surface area contributed by atoms with E-state index in [1.54, 1.807) is 19.1 Å². The van der Waals surface area contributed by atoms with E-state index in [-0.39, 0.29) is 11.0 Å². The number of hydrogen-bond donors (Lipinski definition) is 2. The first-order valence-corrected chi connectivity index (χ1v) is 8.86. The quantitative estimate of drug-likeness (QED) is 0.816. The van der Waals surface area contributed by atoms with E-state index in [1.807, 2.05) is 6.92 Å². The van der Waals surface area contributed by atoms with Gasteiger partial charge in [0, 0.05) is 18.8 Å². The fourth-order valence-electron chi connectivity index (χ4n) is 2.60. The highest BCUT2D eigenvalue weighted by Gasteiger charge is 2.20.